The zero-order valence-corrected chi connectivity index (χ0v) is 11.0. The predicted molar refractivity (Wildman–Crippen MR) is 73.0 cm³/mol. The van der Waals surface area contributed by atoms with E-state index in [9.17, 15) is 0 Å². The van der Waals surface area contributed by atoms with Crippen molar-refractivity contribution in [1.82, 2.24) is 5.43 Å². The van der Waals surface area contributed by atoms with Gasteiger partial charge in [-0.1, -0.05) is 62.9 Å². The minimum Gasteiger partial charge on any atom is -0.313 e. The molecule has 1 aliphatic rings. The van der Waals surface area contributed by atoms with E-state index in [4.69, 9.17) is 0 Å². The first kappa shape index (κ1) is 14.7. The minimum atomic E-state index is 1.12. The lowest BCUT2D eigenvalue weighted by Gasteiger charge is -1.93. The Kier molecular flexibility index (Phi) is 9.38. The molecule has 1 saturated carbocycles. The summed E-state index contributed by atoms with van der Waals surface area (Å²) in [5, 5.41) is 3.90. The maximum atomic E-state index is 3.90. The molecule has 2 heteroatoms. The van der Waals surface area contributed by atoms with Gasteiger partial charge in [-0.05, 0) is 12.5 Å². The molecule has 0 unspecified atom stereocenters. The van der Waals surface area contributed by atoms with E-state index in [1.165, 1.54) is 24.8 Å². The van der Waals surface area contributed by atoms with Crippen LogP contribution in [0.3, 0.4) is 0 Å². The van der Waals surface area contributed by atoms with Crippen LogP contribution in [-0.4, -0.2) is 13.3 Å². The molecule has 1 aromatic rings. The smallest absolute Gasteiger partial charge is 0.0540 e. The molecule has 0 atom stereocenters. The van der Waals surface area contributed by atoms with Crippen LogP contribution >= 0.6 is 0 Å². The van der Waals surface area contributed by atoms with Gasteiger partial charge in [-0.15, -0.1) is 0 Å². The highest BCUT2D eigenvalue weighted by atomic mass is 15.3. The molecule has 16 heavy (non-hydrogen) atoms. The number of rotatable bonds is 2. The van der Waals surface area contributed by atoms with Crippen molar-refractivity contribution in [2.75, 3.05) is 7.05 Å². The standard InChI is InChI=1S/C9H12N2.C3H6.C2H6/c1-8-3-5-9(6-4-8)7-11-10-2;1-2-3-1;1-2/h3-7,10H,1-2H3;1-3H2;1-2H3/b11-7+;;. The van der Waals surface area contributed by atoms with Crippen LogP contribution in [0.5, 0.6) is 0 Å². The van der Waals surface area contributed by atoms with Crippen molar-refractivity contribution in [2.45, 2.75) is 40.0 Å². The summed E-state index contributed by atoms with van der Waals surface area (Å²) in [7, 11) is 1.78. The lowest BCUT2D eigenvalue weighted by Crippen LogP contribution is -1.94. The SMILES string of the molecule is C1CC1.CC.CN/N=C/c1ccc(C)cc1. The number of hydrogen-bond acceptors (Lipinski definition) is 2. The maximum absolute atomic E-state index is 3.90. The second kappa shape index (κ2) is 10.2. The Bertz CT molecular complexity index is 271. The van der Waals surface area contributed by atoms with Crippen LogP contribution in [-0.2, 0) is 0 Å². The molecule has 0 heterocycles. The molecule has 1 N–H and O–H groups in total. The molecular weight excluding hydrogens is 196 g/mol. The third kappa shape index (κ3) is 9.25. The fourth-order valence-corrected chi connectivity index (χ4v) is 0.792. The molecule has 1 fully saturated rings. The maximum Gasteiger partial charge on any atom is 0.0540 e. The Hall–Kier alpha value is -1.31. The van der Waals surface area contributed by atoms with Crippen LogP contribution in [0.4, 0.5) is 0 Å². The third-order valence-corrected chi connectivity index (χ3v) is 1.77. The van der Waals surface area contributed by atoms with Crippen molar-refractivity contribution in [3.8, 4) is 0 Å². The monoisotopic (exact) mass is 220 g/mol. The zero-order valence-electron chi connectivity index (χ0n) is 11.0. The molecule has 0 aliphatic heterocycles. The fourth-order valence-electron chi connectivity index (χ4n) is 0.792. The summed E-state index contributed by atoms with van der Waals surface area (Å²) >= 11 is 0. The predicted octanol–water partition coefficient (Wildman–Crippen LogP) is 3.74. The normalized spacial score (nSPS) is 12.0. The summed E-state index contributed by atoms with van der Waals surface area (Å²) in [5.41, 5.74) is 5.09. The van der Waals surface area contributed by atoms with Crippen molar-refractivity contribution < 1.29 is 0 Å². The van der Waals surface area contributed by atoms with Crippen LogP contribution in [0.1, 0.15) is 44.2 Å². The van der Waals surface area contributed by atoms with Crippen molar-refractivity contribution in [3.05, 3.63) is 35.4 Å². The molecule has 0 radical (unpaired) electrons. The second-order valence-corrected chi connectivity index (χ2v) is 3.45. The summed E-state index contributed by atoms with van der Waals surface area (Å²) in [5.74, 6) is 0. The van der Waals surface area contributed by atoms with Gasteiger partial charge in [0.15, 0.2) is 0 Å². The number of aryl methyl sites for hydroxylation is 1. The molecule has 0 bridgehead atoms. The molecule has 0 spiro atoms. The first-order chi connectivity index (χ1) is 7.83. The Morgan fingerprint density at radius 2 is 1.56 bits per heavy atom. The van der Waals surface area contributed by atoms with Crippen LogP contribution in [0.25, 0.3) is 0 Å². The van der Waals surface area contributed by atoms with Gasteiger partial charge in [-0.3, -0.25) is 0 Å². The van der Waals surface area contributed by atoms with E-state index >= 15 is 0 Å². The molecule has 0 amide bonds. The number of hydrazone groups is 1. The lowest BCUT2D eigenvalue weighted by atomic mass is 10.2. The Morgan fingerprint density at radius 3 is 1.94 bits per heavy atom. The largest absolute Gasteiger partial charge is 0.313 e. The molecule has 0 aromatic heterocycles. The van der Waals surface area contributed by atoms with E-state index in [2.05, 4.69) is 29.6 Å². The van der Waals surface area contributed by atoms with Gasteiger partial charge >= 0.3 is 0 Å². The molecule has 90 valence electrons. The van der Waals surface area contributed by atoms with Crippen LogP contribution in [0, 0.1) is 6.92 Å². The van der Waals surface area contributed by atoms with Gasteiger partial charge in [-0.2, -0.15) is 5.10 Å². The number of nitrogens with zero attached hydrogens (tertiary/aromatic N) is 1. The Labute approximate surface area is 99.8 Å². The molecule has 2 rings (SSSR count). The van der Waals surface area contributed by atoms with Gasteiger partial charge in [0.2, 0.25) is 0 Å². The highest BCUT2D eigenvalue weighted by molar-refractivity contribution is 5.79. The van der Waals surface area contributed by atoms with E-state index in [1.54, 1.807) is 13.3 Å². The van der Waals surface area contributed by atoms with Crippen molar-refractivity contribution in [2.24, 2.45) is 5.10 Å². The van der Waals surface area contributed by atoms with Gasteiger partial charge < -0.3 is 5.43 Å². The molecule has 1 aromatic carbocycles. The average Bonchev–Trinajstić information content (AvgIpc) is 3.19. The lowest BCUT2D eigenvalue weighted by molar-refractivity contribution is 0.908. The fraction of sp³-hybridized carbons (Fsp3) is 0.500. The van der Waals surface area contributed by atoms with Crippen molar-refractivity contribution in [3.63, 3.8) is 0 Å². The molecular formula is C14H24N2. The number of nitrogens with one attached hydrogen (secondary N) is 1. The van der Waals surface area contributed by atoms with Crippen LogP contribution in [0.2, 0.25) is 0 Å². The summed E-state index contributed by atoms with van der Waals surface area (Å²) in [6, 6.07) is 8.21. The van der Waals surface area contributed by atoms with Crippen molar-refractivity contribution >= 4 is 6.21 Å². The number of hydrogen-bond donors (Lipinski definition) is 1. The third-order valence-electron chi connectivity index (χ3n) is 1.77. The summed E-state index contributed by atoms with van der Waals surface area (Å²) in [6.45, 7) is 6.07. The quantitative estimate of drug-likeness (QED) is 0.596. The highest BCUT2D eigenvalue weighted by Crippen LogP contribution is 2.14. The zero-order chi connectivity index (χ0) is 12.2. The minimum absolute atomic E-state index is 1.12. The molecule has 0 saturated heterocycles. The van der Waals surface area contributed by atoms with E-state index in [1.807, 2.05) is 26.0 Å². The first-order valence-electron chi connectivity index (χ1n) is 6.09. The van der Waals surface area contributed by atoms with Crippen molar-refractivity contribution in [1.29, 1.82) is 0 Å². The first-order valence-corrected chi connectivity index (χ1v) is 6.09. The van der Waals surface area contributed by atoms with E-state index in [0.29, 0.717) is 0 Å². The van der Waals surface area contributed by atoms with Crippen LogP contribution in [0.15, 0.2) is 29.4 Å². The highest BCUT2D eigenvalue weighted by Gasteiger charge is 1.95. The van der Waals surface area contributed by atoms with Gasteiger partial charge in [0, 0.05) is 7.05 Å². The topological polar surface area (TPSA) is 24.4 Å². The second-order valence-electron chi connectivity index (χ2n) is 3.45. The Morgan fingerprint density at radius 1 is 1.06 bits per heavy atom. The molecule has 2 nitrogen and oxygen atoms in total. The summed E-state index contributed by atoms with van der Waals surface area (Å²) in [4.78, 5) is 0. The summed E-state index contributed by atoms with van der Waals surface area (Å²) in [6.07, 6.45) is 6.29. The van der Waals surface area contributed by atoms with E-state index in [-0.39, 0.29) is 0 Å². The van der Waals surface area contributed by atoms with Gasteiger partial charge in [-0.25, -0.2) is 0 Å². The Balaban J connectivity index is 0.000000375. The van der Waals surface area contributed by atoms with Gasteiger partial charge in [0.25, 0.3) is 0 Å². The molecule has 1 aliphatic carbocycles. The van der Waals surface area contributed by atoms with E-state index in [0.717, 1.165) is 5.56 Å². The van der Waals surface area contributed by atoms with Gasteiger partial charge in [0.1, 0.15) is 0 Å². The van der Waals surface area contributed by atoms with E-state index < -0.39 is 0 Å². The summed E-state index contributed by atoms with van der Waals surface area (Å²) < 4.78 is 0. The number of benzene rings is 1. The van der Waals surface area contributed by atoms with Gasteiger partial charge in [0.05, 0.1) is 6.21 Å². The van der Waals surface area contributed by atoms with Crippen LogP contribution < -0.4 is 5.43 Å². The average molecular weight is 220 g/mol.